The molecule has 1 amide bonds. The first-order chi connectivity index (χ1) is 11.8. The monoisotopic (exact) mass is 376 g/mol. The molecule has 7 heteroatoms. The number of rotatable bonds is 6. The third-order valence-electron chi connectivity index (χ3n) is 3.28. The van der Waals surface area contributed by atoms with Crippen molar-refractivity contribution >= 4 is 40.0 Å². The Kier molecular flexibility index (Phi) is 6.56. The molecule has 1 aromatic heterocycles. The van der Waals surface area contributed by atoms with Crippen LogP contribution in [0.4, 0.5) is 5.69 Å². The van der Waals surface area contributed by atoms with Crippen molar-refractivity contribution in [2.45, 2.75) is 19.9 Å². The van der Waals surface area contributed by atoms with Crippen LogP contribution >= 0.6 is 23.2 Å². The first-order valence-corrected chi connectivity index (χ1v) is 8.29. The standard InChI is InChI=1S/C18H18Cl2N4O/c1-11(22-13(3)23-12(2)19)14-5-4-6-17(8-14)24-18(25)15-7-16(20)10-21-9-15/h4-11,22H,3H2,1-2H3,(H,24,25). The maximum atomic E-state index is 12.3. The van der Waals surface area contributed by atoms with Crippen molar-refractivity contribution in [2.24, 2.45) is 4.99 Å². The minimum Gasteiger partial charge on any atom is -0.364 e. The Bertz CT molecular complexity index is 816. The van der Waals surface area contributed by atoms with Gasteiger partial charge in [0.25, 0.3) is 5.91 Å². The predicted molar refractivity (Wildman–Crippen MR) is 103 cm³/mol. The minimum atomic E-state index is -0.278. The Morgan fingerprint density at radius 1 is 1.32 bits per heavy atom. The van der Waals surface area contributed by atoms with Crippen molar-refractivity contribution in [1.82, 2.24) is 10.3 Å². The van der Waals surface area contributed by atoms with Gasteiger partial charge in [0, 0.05) is 24.1 Å². The zero-order valence-electron chi connectivity index (χ0n) is 13.9. The fraction of sp³-hybridized carbons (Fsp3) is 0.167. The van der Waals surface area contributed by atoms with Crippen molar-refractivity contribution in [3.63, 3.8) is 0 Å². The highest BCUT2D eigenvalue weighted by Gasteiger charge is 2.10. The highest BCUT2D eigenvalue weighted by atomic mass is 35.5. The summed E-state index contributed by atoms with van der Waals surface area (Å²) in [7, 11) is 0. The summed E-state index contributed by atoms with van der Waals surface area (Å²) in [6.45, 7) is 7.45. The van der Waals surface area contributed by atoms with E-state index in [1.165, 1.54) is 12.4 Å². The number of hydrogen-bond acceptors (Lipinski definition) is 4. The zero-order valence-corrected chi connectivity index (χ0v) is 15.4. The average molecular weight is 377 g/mol. The molecule has 5 nitrogen and oxygen atoms in total. The van der Waals surface area contributed by atoms with Gasteiger partial charge in [-0.05, 0) is 37.6 Å². The molecule has 130 valence electrons. The Hall–Kier alpha value is -2.37. The number of hydrogen-bond donors (Lipinski definition) is 2. The largest absolute Gasteiger partial charge is 0.364 e. The van der Waals surface area contributed by atoms with E-state index in [4.69, 9.17) is 23.2 Å². The summed E-state index contributed by atoms with van der Waals surface area (Å²) in [6.07, 6.45) is 2.94. The molecular weight excluding hydrogens is 359 g/mol. The predicted octanol–water partition coefficient (Wildman–Crippen LogP) is 4.77. The molecule has 1 aromatic carbocycles. The van der Waals surface area contributed by atoms with E-state index in [0.29, 0.717) is 27.3 Å². The lowest BCUT2D eigenvalue weighted by atomic mass is 10.1. The number of halogens is 2. The lowest BCUT2D eigenvalue weighted by Gasteiger charge is -2.16. The summed E-state index contributed by atoms with van der Waals surface area (Å²) >= 11 is 11.6. The third-order valence-corrected chi connectivity index (χ3v) is 3.57. The van der Waals surface area contributed by atoms with Crippen molar-refractivity contribution in [3.8, 4) is 0 Å². The smallest absolute Gasteiger partial charge is 0.257 e. The fourth-order valence-corrected chi connectivity index (χ4v) is 2.45. The normalized spacial score (nSPS) is 12.4. The summed E-state index contributed by atoms with van der Waals surface area (Å²) < 4.78 is 0. The van der Waals surface area contributed by atoms with Crippen LogP contribution in [0, 0.1) is 0 Å². The van der Waals surface area contributed by atoms with Crippen molar-refractivity contribution in [2.75, 3.05) is 5.32 Å². The van der Waals surface area contributed by atoms with E-state index in [-0.39, 0.29) is 11.9 Å². The third kappa shape index (κ3) is 5.89. The summed E-state index contributed by atoms with van der Waals surface area (Å²) in [6, 6.07) is 8.99. The molecule has 2 rings (SSSR count). The number of carbonyl (C=O) groups excluding carboxylic acids is 1. The van der Waals surface area contributed by atoms with Crippen molar-refractivity contribution < 1.29 is 4.79 Å². The van der Waals surface area contributed by atoms with Gasteiger partial charge in [-0.3, -0.25) is 9.78 Å². The van der Waals surface area contributed by atoms with Crippen molar-refractivity contribution in [1.29, 1.82) is 0 Å². The van der Waals surface area contributed by atoms with Crippen LogP contribution in [0.25, 0.3) is 0 Å². The molecule has 0 radical (unpaired) electrons. The fourth-order valence-electron chi connectivity index (χ4n) is 2.18. The number of aliphatic imine (C=N–C) groups is 1. The molecule has 25 heavy (non-hydrogen) atoms. The Morgan fingerprint density at radius 2 is 2.08 bits per heavy atom. The van der Waals surface area contributed by atoms with Crippen LogP contribution in [0.15, 0.2) is 60.1 Å². The van der Waals surface area contributed by atoms with E-state index >= 15 is 0 Å². The molecule has 0 fully saturated rings. The topological polar surface area (TPSA) is 66.4 Å². The first kappa shape index (κ1) is 19.0. The van der Waals surface area contributed by atoms with Gasteiger partial charge in [0.2, 0.25) is 0 Å². The highest BCUT2D eigenvalue weighted by molar-refractivity contribution is 6.64. The number of amides is 1. The van der Waals surface area contributed by atoms with Gasteiger partial charge in [-0.1, -0.05) is 41.9 Å². The summed E-state index contributed by atoms with van der Waals surface area (Å²) in [4.78, 5) is 20.2. The SMILES string of the molecule is C=C(N=C(C)Cl)NC(C)c1cccc(NC(=O)c2cncc(Cl)c2)c1. The summed E-state index contributed by atoms with van der Waals surface area (Å²) in [5, 5.41) is 6.78. The van der Waals surface area contributed by atoms with E-state index in [2.05, 4.69) is 27.2 Å². The van der Waals surface area contributed by atoms with Gasteiger partial charge in [-0.25, -0.2) is 4.99 Å². The van der Waals surface area contributed by atoms with E-state index in [1.54, 1.807) is 13.0 Å². The number of benzene rings is 1. The van der Waals surface area contributed by atoms with Crippen LogP contribution in [0.2, 0.25) is 5.02 Å². The zero-order chi connectivity index (χ0) is 18.4. The summed E-state index contributed by atoms with van der Waals surface area (Å²) in [5.74, 6) is 0.193. The molecule has 2 aromatic rings. The van der Waals surface area contributed by atoms with Crippen molar-refractivity contribution in [3.05, 3.63) is 71.3 Å². The Morgan fingerprint density at radius 3 is 2.76 bits per heavy atom. The molecule has 0 saturated carbocycles. The number of nitrogens with one attached hydrogen (secondary N) is 2. The second-order valence-electron chi connectivity index (χ2n) is 5.39. The van der Waals surface area contributed by atoms with Gasteiger partial charge in [0.1, 0.15) is 11.0 Å². The molecule has 1 unspecified atom stereocenters. The lowest BCUT2D eigenvalue weighted by molar-refractivity contribution is 0.102. The van der Waals surface area contributed by atoms with E-state index in [0.717, 1.165) is 5.56 Å². The van der Waals surface area contributed by atoms with Crippen LogP contribution in [0.3, 0.4) is 0 Å². The van der Waals surface area contributed by atoms with E-state index < -0.39 is 0 Å². The molecule has 1 heterocycles. The van der Waals surface area contributed by atoms with Crippen LogP contribution < -0.4 is 10.6 Å². The molecule has 0 bridgehead atoms. The molecular formula is C18H18Cl2N4O. The van der Waals surface area contributed by atoms with E-state index in [9.17, 15) is 4.79 Å². The number of nitrogens with zero attached hydrogens (tertiary/aromatic N) is 2. The van der Waals surface area contributed by atoms with E-state index in [1.807, 2.05) is 31.2 Å². The van der Waals surface area contributed by atoms with Gasteiger partial charge in [-0.15, -0.1) is 0 Å². The quantitative estimate of drug-likeness (QED) is 0.713. The number of aromatic nitrogens is 1. The maximum absolute atomic E-state index is 12.3. The van der Waals surface area contributed by atoms with Gasteiger partial charge < -0.3 is 10.6 Å². The number of carbonyl (C=O) groups is 1. The first-order valence-electron chi connectivity index (χ1n) is 7.53. The second-order valence-corrected chi connectivity index (χ2v) is 6.38. The van der Waals surface area contributed by atoms with Crippen LogP contribution in [-0.2, 0) is 0 Å². The molecule has 2 N–H and O–H groups in total. The Balaban J connectivity index is 2.09. The molecule has 0 saturated heterocycles. The van der Waals surface area contributed by atoms with Crippen LogP contribution in [0.1, 0.15) is 35.8 Å². The Labute approximate surface area is 156 Å². The maximum Gasteiger partial charge on any atom is 0.257 e. The van der Waals surface area contributed by atoms with Crippen LogP contribution in [0.5, 0.6) is 0 Å². The lowest BCUT2D eigenvalue weighted by Crippen LogP contribution is -2.17. The molecule has 0 aliphatic rings. The molecule has 0 spiro atoms. The average Bonchev–Trinajstić information content (AvgIpc) is 2.54. The number of anilines is 1. The number of pyridine rings is 1. The van der Waals surface area contributed by atoms with Gasteiger partial charge in [0.05, 0.1) is 10.6 Å². The van der Waals surface area contributed by atoms with Gasteiger partial charge >= 0.3 is 0 Å². The highest BCUT2D eigenvalue weighted by Crippen LogP contribution is 2.19. The molecule has 0 aliphatic carbocycles. The minimum absolute atomic E-state index is 0.0584. The van der Waals surface area contributed by atoms with Gasteiger partial charge in [0.15, 0.2) is 0 Å². The molecule has 1 atom stereocenters. The second kappa shape index (κ2) is 8.65. The van der Waals surface area contributed by atoms with Gasteiger partial charge in [-0.2, -0.15) is 0 Å². The summed E-state index contributed by atoms with van der Waals surface area (Å²) in [5.41, 5.74) is 2.02. The molecule has 0 aliphatic heterocycles. The van der Waals surface area contributed by atoms with Crippen LogP contribution in [-0.4, -0.2) is 16.1 Å².